The lowest BCUT2D eigenvalue weighted by Gasteiger charge is -2.25. The summed E-state index contributed by atoms with van der Waals surface area (Å²) in [4.78, 5) is 0.351. The molecule has 2 N–H and O–H groups in total. The Morgan fingerprint density at radius 1 is 1.43 bits per heavy atom. The summed E-state index contributed by atoms with van der Waals surface area (Å²) < 4.78 is 27.3. The molecule has 1 aromatic heterocycles. The molecule has 3 rings (SSSR count). The van der Waals surface area contributed by atoms with Crippen molar-refractivity contribution in [3.63, 3.8) is 0 Å². The highest BCUT2D eigenvalue weighted by atomic mass is 32.2. The van der Waals surface area contributed by atoms with Gasteiger partial charge in [0.2, 0.25) is 10.0 Å². The minimum atomic E-state index is -3.48. The van der Waals surface area contributed by atoms with E-state index in [0.29, 0.717) is 42.0 Å². The van der Waals surface area contributed by atoms with Gasteiger partial charge in [-0.25, -0.2) is 8.42 Å². The summed E-state index contributed by atoms with van der Waals surface area (Å²) in [7, 11) is -3.48. The zero-order valence-corrected chi connectivity index (χ0v) is 13.3. The zero-order valence-electron chi connectivity index (χ0n) is 12.5. The summed E-state index contributed by atoms with van der Waals surface area (Å²) in [5.74, 6) is 0. The molecule has 0 saturated heterocycles. The van der Waals surface area contributed by atoms with E-state index in [1.54, 1.807) is 11.2 Å². The number of sulfonamides is 1. The molecule has 21 heavy (non-hydrogen) atoms. The Bertz CT molecular complexity index is 659. The maximum atomic E-state index is 12.9. The average Bonchev–Trinajstić information content (AvgIpc) is 3.19. The molecule has 0 amide bonds. The molecule has 6 nitrogen and oxygen atoms in total. The van der Waals surface area contributed by atoms with Gasteiger partial charge in [-0.2, -0.15) is 9.40 Å². The summed E-state index contributed by atoms with van der Waals surface area (Å²) in [6.07, 6.45) is 5.12. The third kappa shape index (κ3) is 3.04. The molecule has 1 aliphatic heterocycles. The Balaban J connectivity index is 1.85. The van der Waals surface area contributed by atoms with Crippen molar-refractivity contribution < 1.29 is 8.42 Å². The normalized spacial score (nSPS) is 20.6. The van der Waals surface area contributed by atoms with Crippen molar-refractivity contribution in [3.05, 3.63) is 23.0 Å². The van der Waals surface area contributed by atoms with E-state index in [-0.39, 0.29) is 0 Å². The first-order valence-corrected chi connectivity index (χ1v) is 8.85. The molecule has 7 heteroatoms. The van der Waals surface area contributed by atoms with E-state index in [9.17, 15) is 8.42 Å². The van der Waals surface area contributed by atoms with E-state index < -0.39 is 10.0 Å². The van der Waals surface area contributed by atoms with Gasteiger partial charge in [0.25, 0.3) is 0 Å². The fraction of sp³-hybridized carbons (Fsp3) is 0.643. The van der Waals surface area contributed by atoms with Gasteiger partial charge >= 0.3 is 0 Å². The number of nitrogens with zero attached hydrogens (tertiary/aromatic N) is 2. The highest BCUT2D eigenvalue weighted by Gasteiger charge is 2.32. The minimum absolute atomic E-state index is 0.351. The van der Waals surface area contributed by atoms with Crippen LogP contribution in [0.4, 0.5) is 0 Å². The van der Waals surface area contributed by atoms with Crippen LogP contribution in [0.25, 0.3) is 0 Å². The van der Waals surface area contributed by atoms with E-state index in [2.05, 4.69) is 15.5 Å². The topological polar surface area (TPSA) is 78.1 Å². The van der Waals surface area contributed by atoms with Crippen LogP contribution < -0.4 is 5.32 Å². The summed E-state index contributed by atoms with van der Waals surface area (Å²) in [5.41, 5.74) is 2.47. The molecule has 1 saturated carbocycles. The van der Waals surface area contributed by atoms with Crippen molar-refractivity contribution in [1.29, 1.82) is 0 Å². The molecule has 116 valence electrons. The summed E-state index contributed by atoms with van der Waals surface area (Å²) in [5, 5.41) is 10.3. The Kier molecular flexibility index (Phi) is 3.90. The molecular formula is C14H22N4O2S. The second-order valence-electron chi connectivity index (χ2n) is 5.94. The Morgan fingerprint density at radius 2 is 2.19 bits per heavy atom. The molecule has 2 aliphatic rings. The van der Waals surface area contributed by atoms with Crippen LogP contribution in [0.5, 0.6) is 0 Å². The SMILES string of the molecule is CC1=CCN(S(=O)(=O)c2c(CNC3CC3)n[nH]c2C)CC1. The summed E-state index contributed by atoms with van der Waals surface area (Å²) in [6.45, 7) is 5.31. The van der Waals surface area contributed by atoms with Gasteiger partial charge in [0.15, 0.2) is 0 Å². The van der Waals surface area contributed by atoms with Crippen LogP contribution >= 0.6 is 0 Å². The average molecular weight is 310 g/mol. The number of rotatable bonds is 5. The molecule has 0 atom stereocenters. The smallest absolute Gasteiger partial charge is 0.247 e. The monoisotopic (exact) mass is 310 g/mol. The Morgan fingerprint density at radius 3 is 2.81 bits per heavy atom. The largest absolute Gasteiger partial charge is 0.308 e. The third-order valence-electron chi connectivity index (χ3n) is 4.09. The number of hydrogen-bond acceptors (Lipinski definition) is 4. The Hall–Kier alpha value is -1.18. The fourth-order valence-corrected chi connectivity index (χ4v) is 4.27. The van der Waals surface area contributed by atoms with Crippen LogP contribution in [0, 0.1) is 6.92 Å². The highest BCUT2D eigenvalue weighted by Crippen LogP contribution is 2.26. The van der Waals surface area contributed by atoms with E-state index in [1.165, 1.54) is 18.4 Å². The standard InChI is InChI=1S/C14H22N4O2S/c1-10-5-7-18(8-6-10)21(19,20)14-11(2)16-17-13(14)9-15-12-3-4-12/h5,12,15H,3-4,6-9H2,1-2H3,(H,16,17). The molecule has 0 radical (unpaired) electrons. The van der Waals surface area contributed by atoms with Crippen LogP contribution in [-0.4, -0.2) is 42.1 Å². The molecule has 0 bridgehead atoms. The maximum Gasteiger partial charge on any atom is 0.247 e. The van der Waals surface area contributed by atoms with E-state index >= 15 is 0 Å². The van der Waals surface area contributed by atoms with Gasteiger partial charge < -0.3 is 5.32 Å². The number of aryl methyl sites for hydroxylation is 1. The molecule has 0 unspecified atom stereocenters. The number of H-pyrrole nitrogens is 1. The van der Waals surface area contributed by atoms with Crippen molar-refractivity contribution in [3.8, 4) is 0 Å². The number of aromatic amines is 1. The highest BCUT2D eigenvalue weighted by molar-refractivity contribution is 7.89. The van der Waals surface area contributed by atoms with Crippen molar-refractivity contribution in [2.24, 2.45) is 0 Å². The van der Waals surface area contributed by atoms with Gasteiger partial charge in [0.05, 0.1) is 11.4 Å². The van der Waals surface area contributed by atoms with E-state index in [1.807, 2.05) is 13.0 Å². The van der Waals surface area contributed by atoms with Crippen molar-refractivity contribution in [1.82, 2.24) is 19.8 Å². The molecule has 0 spiro atoms. The molecule has 1 aliphatic carbocycles. The van der Waals surface area contributed by atoms with Crippen LogP contribution in [0.2, 0.25) is 0 Å². The van der Waals surface area contributed by atoms with Gasteiger partial charge in [-0.05, 0) is 33.1 Å². The van der Waals surface area contributed by atoms with Gasteiger partial charge in [0.1, 0.15) is 4.90 Å². The van der Waals surface area contributed by atoms with E-state index in [0.717, 1.165) is 6.42 Å². The predicted octanol–water partition coefficient (Wildman–Crippen LogP) is 1.31. The lowest BCUT2D eigenvalue weighted by molar-refractivity contribution is 0.430. The third-order valence-corrected chi connectivity index (χ3v) is 6.16. The van der Waals surface area contributed by atoms with Gasteiger partial charge in [-0.1, -0.05) is 11.6 Å². The first-order valence-electron chi connectivity index (χ1n) is 7.41. The zero-order chi connectivity index (χ0) is 15.0. The van der Waals surface area contributed by atoms with E-state index in [4.69, 9.17) is 0 Å². The molecule has 1 fully saturated rings. The lowest BCUT2D eigenvalue weighted by atomic mass is 10.1. The first kappa shape index (κ1) is 14.7. The number of aromatic nitrogens is 2. The minimum Gasteiger partial charge on any atom is -0.308 e. The van der Waals surface area contributed by atoms with Gasteiger partial charge in [-0.3, -0.25) is 5.10 Å². The van der Waals surface area contributed by atoms with Gasteiger partial charge in [-0.15, -0.1) is 0 Å². The van der Waals surface area contributed by atoms with Crippen LogP contribution in [-0.2, 0) is 16.6 Å². The molecule has 1 aromatic rings. The molecular weight excluding hydrogens is 288 g/mol. The van der Waals surface area contributed by atoms with Gasteiger partial charge in [0, 0.05) is 25.7 Å². The quantitative estimate of drug-likeness (QED) is 0.804. The summed E-state index contributed by atoms with van der Waals surface area (Å²) in [6, 6.07) is 0.526. The van der Waals surface area contributed by atoms with Crippen LogP contribution in [0.15, 0.2) is 16.5 Å². The maximum absolute atomic E-state index is 12.9. The van der Waals surface area contributed by atoms with Crippen molar-refractivity contribution in [2.75, 3.05) is 13.1 Å². The molecule has 2 heterocycles. The molecule has 0 aromatic carbocycles. The Labute approximate surface area is 125 Å². The van der Waals surface area contributed by atoms with Crippen molar-refractivity contribution >= 4 is 10.0 Å². The second-order valence-corrected chi connectivity index (χ2v) is 7.82. The number of hydrogen-bond donors (Lipinski definition) is 2. The second kappa shape index (κ2) is 5.55. The lowest BCUT2D eigenvalue weighted by Crippen LogP contribution is -2.35. The van der Waals surface area contributed by atoms with Crippen molar-refractivity contribution in [2.45, 2.75) is 50.6 Å². The fourth-order valence-electron chi connectivity index (χ4n) is 2.56. The summed E-state index contributed by atoms with van der Waals surface area (Å²) >= 11 is 0. The predicted molar refractivity (Wildman–Crippen MR) is 80.3 cm³/mol. The van der Waals surface area contributed by atoms with Crippen LogP contribution in [0.3, 0.4) is 0 Å². The number of nitrogens with one attached hydrogen (secondary N) is 2. The first-order chi connectivity index (χ1) is 9.98. The van der Waals surface area contributed by atoms with Crippen LogP contribution in [0.1, 0.15) is 37.6 Å².